The molecular formula is C22H23NO4. The molecule has 0 N–H and O–H groups in total. The highest BCUT2D eigenvalue weighted by Gasteiger charge is 2.47. The van der Waals surface area contributed by atoms with Crippen LogP contribution in [0.3, 0.4) is 0 Å². The van der Waals surface area contributed by atoms with Crippen LogP contribution in [0.1, 0.15) is 41.9 Å². The van der Waals surface area contributed by atoms with E-state index in [-0.39, 0.29) is 17.4 Å². The molecule has 2 aromatic rings. The number of benzene rings is 2. The number of carbonyl (C=O) groups is 1. The normalized spacial score (nSPS) is 22.0. The molecule has 2 aromatic carbocycles. The Morgan fingerprint density at radius 3 is 2.37 bits per heavy atom. The molecule has 3 atom stereocenters. The highest BCUT2D eigenvalue weighted by atomic mass is 16.6. The number of aryl methyl sites for hydroxylation is 1. The zero-order chi connectivity index (χ0) is 19.4. The molecule has 5 heteroatoms. The molecule has 0 aliphatic heterocycles. The molecule has 1 aliphatic carbocycles. The minimum absolute atomic E-state index is 0.238. The molecule has 0 amide bonds. The van der Waals surface area contributed by atoms with Gasteiger partial charge in [-0.25, -0.2) is 4.79 Å². The Balaban J connectivity index is 2.10. The van der Waals surface area contributed by atoms with Gasteiger partial charge in [0, 0.05) is 10.5 Å². The minimum Gasteiger partial charge on any atom is -0.463 e. The summed E-state index contributed by atoms with van der Waals surface area (Å²) in [7, 11) is 0. The summed E-state index contributed by atoms with van der Waals surface area (Å²) < 4.78 is 5.19. The van der Waals surface area contributed by atoms with Crippen LogP contribution in [-0.2, 0) is 9.53 Å². The Morgan fingerprint density at radius 1 is 1.11 bits per heavy atom. The van der Waals surface area contributed by atoms with Gasteiger partial charge in [0.15, 0.2) is 0 Å². The van der Waals surface area contributed by atoms with Crippen molar-refractivity contribution in [3.8, 4) is 0 Å². The number of allylic oxidation sites excluding steroid dienone is 1. The monoisotopic (exact) mass is 365 g/mol. The van der Waals surface area contributed by atoms with Crippen molar-refractivity contribution in [3.05, 3.63) is 93.1 Å². The lowest BCUT2D eigenvalue weighted by molar-refractivity contribution is -0.530. The van der Waals surface area contributed by atoms with Crippen LogP contribution in [0.15, 0.2) is 66.2 Å². The highest BCUT2D eigenvalue weighted by Crippen LogP contribution is 2.43. The van der Waals surface area contributed by atoms with Gasteiger partial charge in [-0.3, -0.25) is 10.1 Å². The first-order chi connectivity index (χ1) is 13.0. The third kappa shape index (κ3) is 3.92. The SMILES string of the molecule is CCOC(=O)C1=CC[C@@H](c2ccc(C)cc2)[C@H]([N+](=O)[O-])[C@@H]1c1ccccc1. The van der Waals surface area contributed by atoms with Gasteiger partial charge in [-0.05, 0) is 31.4 Å². The van der Waals surface area contributed by atoms with Gasteiger partial charge in [0.1, 0.15) is 0 Å². The van der Waals surface area contributed by atoms with Crippen molar-refractivity contribution in [3.63, 3.8) is 0 Å². The summed E-state index contributed by atoms with van der Waals surface area (Å²) in [5, 5.41) is 12.1. The number of nitrogens with zero attached hydrogens (tertiary/aromatic N) is 1. The van der Waals surface area contributed by atoms with E-state index < -0.39 is 17.9 Å². The molecule has 0 saturated heterocycles. The topological polar surface area (TPSA) is 69.4 Å². The van der Waals surface area contributed by atoms with Crippen LogP contribution >= 0.6 is 0 Å². The predicted octanol–water partition coefficient (Wildman–Crippen LogP) is 4.40. The van der Waals surface area contributed by atoms with Crippen LogP contribution in [0, 0.1) is 17.0 Å². The predicted molar refractivity (Wildman–Crippen MR) is 103 cm³/mol. The largest absolute Gasteiger partial charge is 0.463 e. The summed E-state index contributed by atoms with van der Waals surface area (Å²) in [5.41, 5.74) is 3.17. The fourth-order valence-corrected chi connectivity index (χ4v) is 3.81. The van der Waals surface area contributed by atoms with E-state index in [2.05, 4.69) is 0 Å². The van der Waals surface area contributed by atoms with E-state index >= 15 is 0 Å². The van der Waals surface area contributed by atoms with Crippen molar-refractivity contribution in [1.82, 2.24) is 0 Å². The minimum atomic E-state index is -0.931. The first-order valence-electron chi connectivity index (χ1n) is 9.15. The van der Waals surface area contributed by atoms with Crippen molar-refractivity contribution >= 4 is 5.97 Å². The van der Waals surface area contributed by atoms with Gasteiger partial charge < -0.3 is 4.74 Å². The van der Waals surface area contributed by atoms with Crippen molar-refractivity contribution in [1.29, 1.82) is 0 Å². The van der Waals surface area contributed by atoms with E-state index in [1.807, 2.05) is 67.6 Å². The molecule has 0 aromatic heterocycles. The standard InChI is InChI=1S/C22H23NO4/c1-3-27-22(24)19-14-13-18(16-11-9-15(2)10-12-16)21(23(25)26)20(19)17-7-5-4-6-8-17/h4-12,14,18,20-21H,3,13H2,1-2H3/t18-,20+,21-/m0/s1. The highest BCUT2D eigenvalue weighted by molar-refractivity contribution is 5.90. The number of hydrogen-bond acceptors (Lipinski definition) is 4. The summed E-state index contributed by atoms with van der Waals surface area (Å²) in [6.07, 6.45) is 2.26. The maximum atomic E-state index is 12.5. The average Bonchev–Trinajstić information content (AvgIpc) is 2.68. The van der Waals surface area contributed by atoms with Crippen molar-refractivity contribution in [2.24, 2.45) is 0 Å². The Labute approximate surface area is 158 Å². The van der Waals surface area contributed by atoms with Crippen LogP contribution in [0.25, 0.3) is 0 Å². The van der Waals surface area contributed by atoms with Crippen molar-refractivity contribution < 1.29 is 14.5 Å². The van der Waals surface area contributed by atoms with E-state index in [4.69, 9.17) is 4.74 Å². The zero-order valence-corrected chi connectivity index (χ0v) is 15.5. The lowest BCUT2D eigenvalue weighted by atomic mass is 9.71. The van der Waals surface area contributed by atoms with Gasteiger partial charge >= 0.3 is 5.97 Å². The second kappa shape index (κ2) is 8.16. The number of rotatable bonds is 5. The van der Waals surface area contributed by atoms with Crippen LogP contribution in [0.5, 0.6) is 0 Å². The number of nitro groups is 1. The smallest absolute Gasteiger partial charge is 0.334 e. The fourth-order valence-electron chi connectivity index (χ4n) is 3.81. The number of ether oxygens (including phenoxy) is 1. The molecule has 0 unspecified atom stereocenters. The second-order valence-electron chi connectivity index (χ2n) is 6.80. The maximum Gasteiger partial charge on any atom is 0.334 e. The van der Waals surface area contributed by atoms with Crippen LogP contribution in [-0.4, -0.2) is 23.5 Å². The van der Waals surface area contributed by atoms with Crippen LogP contribution in [0.4, 0.5) is 0 Å². The summed E-state index contributed by atoms with van der Waals surface area (Å²) in [6.45, 7) is 3.96. The first-order valence-corrected chi connectivity index (χ1v) is 9.15. The molecule has 0 bridgehead atoms. The Bertz CT molecular complexity index is 842. The molecule has 140 valence electrons. The molecule has 3 rings (SSSR count). The van der Waals surface area contributed by atoms with Gasteiger partial charge in [-0.15, -0.1) is 0 Å². The third-order valence-electron chi connectivity index (χ3n) is 5.10. The van der Waals surface area contributed by atoms with E-state index in [1.54, 1.807) is 6.92 Å². The summed E-state index contributed by atoms with van der Waals surface area (Å²) in [5.74, 6) is -1.41. The van der Waals surface area contributed by atoms with E-state index in [0.29, 0.717) is 12.0 Å². The van der Waals surface area contributed by atoms with Crippen LogP contribution < -0.4 is 0 Å². The summed E-state index contributed by atoms with van der Waals surface area (Å²) in [4.78, 5) is 24.4. The fraction of sp³-hybridized carbons (Fsp3) is 0.318. The first kappa shape index (κ1) is 18.8. The summed E-state index contributed by atoms with van der Waals surface area (Å²) in [6, 6.07) is 16.1. The van der Waals surface area contributed by atoms with Gasteiger partial charge in [-0.2, -0.15) is 0 Å². The lowest BCUT2D eigenvalue weighted by Gasteiger charge is -2.32. The van der Waals surface area contributed by atoms with Gasteiger partial charge in [0.25, 0.3) is 0 Å². The zero-order valence-electron chi connectivity index (χ0n) is 15.5. The van der Waals surface area contributed by atoms with Gasteiger partial charge in [-0.1, -0.05) is 66.2 Å². The lowest BCUT2D eigenvalue weighted by Crippen LogP contribution is -2.39. The number of carbonyl (C=O) groups excluding carboxylic acids is 1. The molecular weight excluding hydrogens is 342 g/mol. The Hall–Kier alpha value is -2.95. The average molecular weight is 365 g/mol. The van der Waals surface area contributed by atoms with Gasteiger partial charge in [0.2, 0.25) is 6.04 Å². The van der Waals surface area contributed by atoms with E-state index in [0.717, 1.165) is 16.7 Å². The third-order valence-corrected chi connectivity index (χ3v) is 5.10. The molecule has 0 fully saturated rings. The maximum absolute atomic E-state index is 12.5. The number of hydrogen-bond donors (Lipinski definition) is 0. The van der Waals surface area contributed by atoms with Crippen molar-refractivity contribution in [2.45, 2.75) is 38.1 Å². The quantitative estimate of drug-likeness (QED) is 0.447. The summed E-state index contributed by atoms with van der Waals surface area (Å²) >= 11 is 0. The second-order valence-corrected chi connectivity index (χ2v) is 6.80. The molecule has 1 aliphatic rings. The molecule has 0 radical (unpaired) electrons. The molecule has 5 nitrogen and oxygen atoms in total. The van der Waals surface area contributed by atoms with Crippen molar-refractivity contribution in [2.75, 3.05) is 6.61 Å². The van der Waals surface area contributed by atoms with Crippen LogP contribution in [0.2, 0.25) is 0 Å². The number of esters is 1. The Morgan fingerprint density at radius 2 is 1.78 bits per heavy atom. The molecule has 0 saturated carbocycles. The molecule has 0 spiro atoms. The molecule has 0 heterocycles. The van der Waals surface area contributed by atoms with E-state index in [9.17, 15) is 14.9 Å². The van der Waals surface area contributed by atoms with E-state index in [1.165, 1.54) is 0 Å². The Kier molecular flexibility index (Phi) is 5.69. The van der Waals surface area contributed by atoms with Gasteiger partial charge in [0.05, 0.1) is 18.4 Å². The molecule has 27 heavy (non-hydrogen) atoms.